The van der Waals surface area contributed by atoms with Gasteiger partial charge < -0.3 is 9.80 Å². The Morgan fingerprint density at radius 2 is 1.81 bits per heavy atom. The molecular weight excluding hydrogens is 402 g/mol. The van der Waals surface area contributed by atoms with Crippen LogP contribution in [0.1, 0.15) is 16.2 Å². The maximum atomic E-state index is 13.0. The second-order valence-electron chi connectivity index (χ2n) is 7.94. The molecular formula is C24H23N7O. The third kappa shape index (κ3) is 4.31. The van der Waals surface area contributed by atoms with E-state index in [1.807, 2.05) is 24.3 Å². The largest absolute Gasteiger partial charge is 0.354 e. The number of ketones is 1. The molecule has 0 spiro atoms. The third-order valence-electron chi connectivity index (χ3n) is 5.70. The Morgan fingerprint density at radius 3 is 2.62 bits per heavy atom. The Hall–Kier alpha value is -3.78. The number of benzene rings is 1. The molecule has 8 nitrogen and oxygen atoms in total. The van der Waals surface area contributed by atoms with Gasteiger partial charge in [0.15, 0.2) is 5.78 Å². The highest BCUT2D eigenvalue weighted by molar-refractivity contribution is 5.98. The van der Waals surface area contributed by atoms with Crippen LogP contribution in [0.25, 0.3) is 22.2 Å². The molecule has 1 fully saturated rings. The van der Waals surface area contributed by atoms with Crippen molar-refractivity contribution < 1.29 is 4.79 Å². The van der Waals surface area contributed by atoms with Gasteiger partial charge in [-0.3, -0.25) is 14.8 Å². The van der Waals surface area contributed by atoms with Gasteiger partial charge >= 0.3 is 0 Å². The van der Waals surface area contributed by atoms with Gasteiger partial charge in [0.2, 0.25) is 0 Å². The summed E-state index contributed by atoms with van der Waals surface area (Å²) in [6.45, 7) is 3.79. The number of nitrogens with zero attached hydrogens (tertiary/aromatic N) is 7. The van der Waals surface area contributed by atoms with Crippen molar-refractivity contribution in [1.29, 1.82) is 0 Å². The van der Waals surface area contributed by atoms with Crippen LogP contribution in [-0.4, -0.2) is 68.8 Å². The minimum atomic E-state index is -0.0211. The summed E-state index contributed by atoms with van der Waals surface area (Å²) in [5, 5.41) is 0.912. The number of pyridine rings is 1. The van der Waals surface area contributed by atoms with Gasteiger partial charge in [-0.2, -0.15) is 0 Å². The zero-order valence-electron chi connectivity index (χ0n) is 17.8. The number of anilines is 1. The maximum absolute atomic E-state index is 13.0. The van der Waals surface area contributed by atoms with E-state index in [2.05, 4.69) is 41.8 Å². The third-order valence-corrected chi connectivity index (χ3v) is 5.70. The Morgan fingerprint density at radius 1 is 0.938 bits per heavy atom. The molecule has 160 valence electrons. The molecule has 4 aromatic rings. The van der Waals surface area contributed by atoms with Gasteiger partial charge in [0, 0.05) is 67.5 Å². The highest BCUT2D eigenvalue weighted by Crippen LogP contribution is 2.21. The highest BCUT2D eigenvalue weighted by Gasteiger charge is 2.17. The van der Waals surface area contributed by atoms with E-state index in [0.29, 0.717) is 11.4 Å². The molecule has 32 heavy (non-hydrogen) atoms. The van der Waals surface area contributed by atoms with E-state index in [1.165, 1.54) is 0 Å². The van der Waals surface area contributed by atoms with Gasteiger partial charge in [0.05, 0.1) is 23.8 Å². The van der Waals surface area contributed by atoms with Crippen LogP contribution >= 0.6 is 0 Å². The standard InChI is InChI=1S/C24H23N7O/c1-30-8-10-31(11-9-30)24-13-18(4-5-27-24)22(32)14-23-28-15-19-3-2-17(12-20(19)29-23)21-16-25-6-7-26-21/h2-7,12-13,15-16H,8-11,14H2,1H3. The van der Waals surface area contributed by atoms with E-state index in [-0.39, 0.29) is 12.2 Å². The van der Waals surface area contributed by atoms with Crippen molar-refractivity contribution in [1.82, 2.24) is 29.8 Å². The number of fused-ring (bicyclic) bond motifs is 1. The molecule has 0 unspecified atom stereocenters. The first-order chi connectivity index (χ1) is 15.7. The van der Waals surface area contributed by atoms with Gasteiger partial charge in [-0.05, 0) is 25.2 Å². The first kappa shape index (κ1) is 20.1. The fourth-order valence-electron chi connectivity index (χ4n) is 3.80. The minimum Gasteiger partial charge on any atom is -0.354 e. The van der Waals surface area contributed by atoms with Crippen LogP contribution in [0.15, 0.2) is 61.3 Å². The first-order valence-corrected chi connectivity index (χ1v) is 10.6. The summed E-state index contributed by atoms with van der Waals surface area (Å²) < 4.78 is 0. The average molecular weight is 425 g/mol. The first-order valence-electron chi connectivity index (χ1n) is 10.6. The molecule has 1 aliphatic rings. The van der Waals surface area contributed by atoms with E-state index in [0.717, 1.165) is 54.2 Å². The summed E-state index contributed by atoms with van der Waals surface area (Å²) in [6, 6.07) is 9.51. The van der Waals surface area contributed by atoms with Gasteiger partial charge in [0.25, 0.3) is 0 Å². The number of carbonyl (C=O) groups is 1. The van der Waals surface area contributed by atoms with Crippen molar-refractivity contribution in [3.8, 4) is 11.3 Å². The zero-order valence-corrected chi connectivity index (χ0v) is 17.8. The molecule has 0 saturated carbocycles. The summed E-state index contributed by atoms with van der Waals surface area (Å²) in [5.74, 6) is 1.32. The molecule has 0 amide bonds. The zero-order chi connectivity index (χ0) is 21.9. The normalized spacial score (nSPS) is 14.6. The number of carbonyl (C=O) groups excluding carboxylic acids is 1. The molecule has 0 atom stereocenters. The Bertz CT molecular complexity index is 1250. The smallest absolute Gasteiger partial charge is 0.170 e. The number of likely N-dealkylation sites (N-methyl/N-ethyl adjacent to an activating group) is 1. The van der Waals surface area contributed by atoms with Crippen molar-refractivity contribution >= 4 is 22.5 Å². The molecule has 0 aliphatic carbocycles. The molecule has 3 aromatic heterocycles. The molecule has 0 radical (unpaired) electrons. The predicted molar refractivity (Wildman–Crippen MR) is 123 cm³/mol. The summed E-state index contributed by atoms with van der Waals surface area (Å²) >= 11 is 0. The second kappa shape index (κ2) is 8.76. The average Bonchev–Trinajstić information content (AvgIpc) is 2.84. The van der Waals surface area contributed by atoms with Crippen LogP contribution in [-0.2, 0) is 6.42 Å². The molecule has 1 aliphatic heterocycles. The lowest BCUT2D eigenvalue weighted by Crippen LogP contribution is -2.44. The number of piperazine rings is 1. The predicted octanol–water partition coefficient (Wildman–Crippen LogP) is 2.66. The van der Waals surface area contributed by atoms with Crippen LogP contribution in [0, 0.1) is 0 Å². The summed E-state index contributed by atoms with van der Waals surface area (Å²) in [7, 11) is 2.12. The number of Topliss-reactive ketones (excluding diaryl/α,β-unsaturated/α-hetero) is 1. The fraction of sp³-hybridized carbons (Fsp3) is 0.250. The molecule has 0 N–H and O–H groups in total. The maximum Gasteiger partial charge on any atom is 0.170 e. The fourth-order valence-corrected chi connectivity index (χ4v) is 3.80. The van der Waals surface area contributed by atoms with E-state index in [9.17, 15) is 4.79 Å². The quantitative estimate of drug-likeness (QED) is 0.451. The SMILES string of the molecule is CN1CCN(c2cc(C(=O)Cc3ncc4ccc(-c5cnccn5)cc4n3)ccn2)CC1. The minimum absolute atomic E-state index is 0.0211. The van der Waals surface area contributed by atoms with Gasteiger partial charge in [-0.1, -0.05) is 12.1 Å². The number of rotatable bonds is 5. The highest BCUT2D eigenvalue weighted by atomic mass is 16.1. The summed E-state index contributed by atoms with van der Waals surface area (Å²) in [4.78, 5) is 39.5. The number of aromatic nitrogens is 5. The van der Waals surface area contributed by atoms with Crippen molar-refractivity contribution in [2.45, 2.75) is 6.42 Å². The van der Waals surface area contributed by atoms with Crippen LogP contribution in [0.5, 0.6) is 0 Å². The van der Waals surface area contributed by atoms with Crippen LogP contribution < -0.4 is 4.90 Å². The van der Waals surface area contributed by atoms with E-state index >= 15 is 0 Å². The van der Waals surface area contributed by atoms with Crippen LogP contribution in [0.3, 0.4) is 0 Å². The lowest BCUT2D eigenvalue weighted by molar-refractivity contribution is 0.0991. The molecule has 1 saturated heterocycles. The molecule has 4 heterocycles. The number of hydrogen-bond donors (Lipinski definition) is 0. The lowest BCUT2D eigenvalue weighted by atomic mass is 10.1. The van der Waals surface area contributed by atoms with Crippen molar-refractivity contribution in [2.75, 3.05) is 38.1 Å². The van der Waals surface area contributed by atoms with Crippen molar-refractivity contribution in [3.63, 3.8) is 0 Å². The van der Waals surface area contributed by atoms with E-state index in [4.69, 9.17) is 0 Å². The van der Waals surface area contributed by atoms with E-state index < -0.39 is 0 Å². The Kier molecular flexibility index (Phi) is 5.51. The molecule has 5 rings (SSSR count). The van der Waals surface area contributed by atoms with Gasteiger partial charge in [-0.15, -0.1) is 0 Å². The number of hydrogen-bond acceptors (Lipinski definition) is 8. The van der Waals surface area contributed by atoms with E-state index in [1.54, 1.807) is 37.1 Å². The van der Waals surface area contributed by atoms with Gasteiger partial charge in [0.1, 0.15) is 11.6 Å². The molecule has 0 bridgehead atoms. The lowest BCUT2D eigenvalue weighted by Gasteiger charge is -2.33. The van der Waals surface area contributed by atoms with Crippen LogP contribution in [0.4, 0.5) is 5.82 Å². The summed E-state index contributed by atoms with van der Waals surface area (Å²) in [5.41, 5.74) is 3.11. The summed E-state index contributed by atoms with van der Waals surface area (Å²) in [6.07, 6.45) is 8.62. The molecule has 1 aromatic carbocycles. The van der Waals surface area contributed by atoms with Crippen molar-refractivity contribution in [2.24, 2.45) is 0 Å². The van der Waals surface area contributed by atoms with Crippen LogP contribution in [0.2, 0.25) is 0 Å². The van der Waals surface area contributed by atoms with Gasteiger partial charge in [-0.25, -0.2) is 15.0 Å². The Balaban J connectivity index is 1.36. The monoisotopic (exact) mass is 425 g/mol. The topological polar surface area (TPSA) is 88.0 Å². The van der Waals surface area contributed by atoms with Crippen molar-refractivity contribution in [3.05, 3.63) is 72.7 Å². The second-order valence-corrected chi connectivity index (χ2v) is 7.94. The molecule has 8 heteroatoms. The Labute approximate surface area is 186 Å².